The van der Waals surface area contributed by atoms with Gasteiger partial charge in [-0.3, -0.25) is 19.4 Å². The van der Waals surface area contributed by atoms with Crippen LogP contribution < -0.4 is 5.90 Å². The van der Waals surface area contributed by atoms with E-state index in [0.29, 0.717) is 12.4 Å². The largest absolute Gasteiger partial charge is 0.296 e. The number of hydrogen-bond acceptors (Lipinski definition) is 7. The molecule has 1 aliphatic heterocycles. The maximum atomic E-state index is 5.25. The number of nitrogens with two attached hydrogens (primary N) is 1. The van der Waals surface area contributed by atoms with E-state index >= 15 is 0 Å². The maximum absolute atomic E-state index is 5.25. The summed E-state index contributed by atoms with van der Waals surface area (Å²) in [6, 6.07) is 12.1. The molecule has 8 heteroatoms. The number of aromatic nitrogens is 4. The second kappa shape index (κ2) is 6.75. The van der Waals surface area contributed by atoms with E-state index in [1.807, 2.05) is 29.0 Å². The molecule has 0 bridgehead atoms. The molecule has 2 aromatic heterocycles. The summed E-state index contributed by atoms with van der Waals surface area (Å²) < 4.78 is 1.96. The van der Waals surface area contributed by atoms with Crippen LogP contribution in [0.5, 0.6) is 0 Å². The molecule has 0 spiro atoms. The van der Waals surface area contributed by atoms with Crippen molar-refractivity contribution in [1.29, 1.82) is 0 Å². The third kappa shape index (κ3) is 2.84. The highest BCUT2D eigenvalue weighted by molar-refractivity contribution is 7.98. The number of nitrogens with zero attached hydrogens (tertiary/aromatic N) is 5. The van der Waals surface area contributed by atoms with Gasteiger partial charge in [-0.05, 0) is 36.6 Å². The van der Waals surface area contributed by atoms with E-state index in [-0.39, 0.29) is 6.61 Å². The lowest BCUT2D eigenvalue weighted by Gasteiger charge is -2.14. The summed E-state index contributed by atoms with van der Waals surface area (Å²) in [7, 11) is 0. The van der Waals surface area contributed by atoms with Gasteiger partial charge in [0.1, 0.15) is 13.2 Å². The third-order valence-electron chi connectivity index (χ3n) is 4.00. The van der Waals surface area contributed by atoms with Crippen LogP contribution >= 0.6 is 11.8 Å². The zero-order chi connectivity index (χ0) is 17.2. The van der Waals surface area contributed by atoms with E-state index in [1.54, 1.807) is 18.0 Å². The standard InChI is InChI=1S/C17H16N6OS/c1-25-11-5-6-14-12(8-11)17(13-4-2-3-7-19-13)20-9-15-21-22-16(10-24-18)23(14)15/h2-8H,9-10,18H2,1H3. The molecular formula is C17H16N6OS. The molecule has 25 heavy (non-hydrogen) atoms. The molecule has 0 radical (unpaired) electrons. The van der Waals surface area contributed by atoms with E-state index in [0.717, 1.165) is 33.4 Å². The van der Waals surface area contributed by atoms with Gasteiger partial charge in [0.2, 0.25) is 0 Å². The Balaban J connectivity index is 1.96. The molecule has 2 N–H and O–H groups in total. The smallest absolute Gasteiger partial charge is 0.165 e. The summed E-state index contributed by atoms with van der Waals surface area (Å²) in [6.45, 7) is 0.586. The van der Waals surface area contributed by atoms with Crippen molar-refractivity contribution in [2.24, 2.45) is 10.9 Å². The Morgan fingerprint density at radius 3 is 2.92 bits per heavy atom. The van der Waals surface area contributed by atoms with E-state index < -0.39 is 0 Å². The summed E-state index contributed by atoms with van der Waals surface area (Å²) in [5.41, 5.74) is 3.61. The van der Waals surface area contributed by atoms with Crippen molar-refractivity contribution in [1.82, 2.24) is 19.7 Å². The van der Waals surface area contributed by atoms with Crippen LogP contribution in [0.2, 0.25) is 0 Å². The predicted octanol–water partition coefficient (Wildman–Crippen LogP) is 2.13. The molecule has 0 fully saturated rings. The molecule has 1 aliphatic rings. The summed E-state index contributed by atoms with van der Waals surface area (Å²) in [4.78, 5) is 15.2. The van der Waals surface area contributed by atoms with Crippen molar-refractivity contribution in [3.63, 3.8) is 0 Å². The van der Waals surface area contributed by atoms with E-state index in [2.05, 4.69) is 33.4 Å². The first kappa shape index (κ1) is 15.9. The van der Waals surface area contributed by atoms with Gasteiger partial charge >= 0.3 is 0 Å². The monoisotopic (exact) mass is 352 g/mol. The fourth-order valence-electron chi connectivity index (χ4n) is 2.89. The molecule has 0 unspecified atom stereocenters. The van der Waals surface area contributed by atoms with Gasteiger partial charge < -0.3 is 0 Å². The minimum Gasteiger partial charge on any atom is -0.296 e. The van der Waals surface area contributed by atoms with Crippen LogP contribution in [0.15, 0.2) is 52.5 Å². The van der Waals surface area contributed by atoms with Crippen molar-refractivity contribution >= 4 is 17.5 Å². The van der Waals surface area contributed by atoms with Crippen molar-refractivity contribution < 1.29 is 4.84 Å². The van der Waals surface area contributed by atoms with Crippen LogP contribution in [-0.4, -0.2) is 31.7 Å². The number of hydrogen-bond donors (Lipinski definition) is 1. The molecule has 126 valence electrons. The van der Waals surface area contributed by atoms with Crippen LogP contribution in [0.3, 0.4) is 0 Å². The number of thioether (sulfide) groups is 1. The second-order valence-electron chi connectivity index (χ2n) is 5.44. The van der Waals surface area contributed by atoms with Crippen LogP contribution in [0.1, 0.15) is 22.9 Å². The lowest BCUT2D eigenvalue weighted by molar-refractivity contribution is 0.117. The highest BCUT2D eigenvalue weighted by atomic mass is 32.2. The molecule has 0 saturated carbocycles. The molecule has 4 rings (SSSR count). The van der Waals surface area contributed by atoms with Crippen molar-refractivity contribution in [2.75, 3.05) is 6.26 Å². The SMILES string of the molecule is CSc1ccc2c(c1)C(c1ccccn1)=NCc1nnc(CON)n1-2. The van der Waals surface area contributed by atoms with Gasteiger partial charge in [-0.2, -0.15) is 0 Å². The Hall–Kier alpha value is -2.55. The number of pyridine rings is 1. The van der Waals surface area contributed by atoms with Crippen molar-refractivity contribution in [3.05, 3.63) is 65.5 Å². The molecule has 3 heterocycles. The minimum absolute atomic E-state index is 0.176. The van der Waals surface area contributed by atoms with Crippen molar-refractivity contribution in [2.45, 2.75) is 18.0 Å². The van der Waals surface area contributed by atoms with Crippen LogP contribution in [-0.2, 0) is 18.0 Å². The molecule has 0 atom stereocenters. The quantitative estimate of drug-likeness (QED) is 0.571. The van der Waals surface area contributed by atoms with Gasteiger partial charge in [0.15, 0.2) is 11.6 Å². The Bertz CT molecular complexity index is 938. The van der Waals surface area contributed by atoms with E-state index in [9.17, 15) is 0 Å². The first-order chi connectivity index (χ1) is 12.3. The van der Waals surface area contributed by atoms with Crippen LogP contribution in [0.4, 0.5) is 0 Å². The van der Waals surface area contributed by atoms with Crippen molar-refractivity contribution in [3.8, 4) is 5.69 Å². The van der Waals surface area contributed by atoms with Gasteiger partial charge in [0, 0.05) is 16.7 Å². The Kier molecular flexibility index (Phi) is 4.31. The van der Waals surface area contributed by atoms with Gasteiger partial charge in [0.25, 0.3) is 0 Å². The number of aliphatic imine (C=N–C) groups is 1. The third-order valence-corrected chi connectivity index (χ3v) is 4.72. The van der Waals surface area contributed by atoms with Gasteiger partial charge in [-0.1, -0.05) is 6.07 Å². The summed E-state index contributed by atoms with van der Waals surface area (Å²) in [6.07, 6.45) is 3.82. The number of fused-ring (bicyclic) bond motifs is 3. The summed E-state index contributed by atoms with van der Waals surface area (Å²) in [5, 5.41) is 8.44. The Morgan fingerprint density at radius 2 is 2.16 bits per heavy atom. The fraction of sp³-hybridized carbons (Fsp3) is 0.176. The van der Waals surface area contributed by atoms with Gasteiger partial charge in [-0.25, -0.2) is 5.90 Å². The Labute approximate surface area is 148 Å². The molecule has 0 aliphatic carbocycles. The topological polar surface area (TPSA) is 91.2 Å². The lowest BCUT2D eigenvalue weighted by Crippen LogP contribution is -2.12. The summed E-state index contributed by atoms with van der Waals surface area (Å²) in [5.74, 6) is 6.65. The molecule has 7 nitrogen and oxygen atoms in total. The zero-order valence-corrected chi connectivity index (χ0v) is 14.4. The molecule has 0 saturated heterocycles. The van der Waals surface area contributed by atoms with Gasteiger partial charge in [-0.15, -0.1) is 22.0 Å². The average Bonchev–Trinajstić information content (AvgIpc) is 2.97. The molecule has 1 aromatic carbocycles. The highest BCUT2D eigenvalue weighted by Gasteiger charge is 2.23. The molecular weight excluding hydrogens is 336 g/mol. The fourth-order valence-corrected chi connectivity index (χ4v) is 3.33. The summed E-state index contributed by atoms with van der Waals surface area (Å²) >= 11 is 1.68. The normalized spacial score (nSPS) is 13.0. The van der Waals surface area contributed by atoms with Crippen LogP contribution in [0.25, 0.3) is 5.69 Å². The lowest BCUT2D eigenvalue weighted by atomic mass is 10.0. The zero-order valence-electron chi connectivity index (χ0n) is 13.6. The maximum Gasteiger partial charge on any atom is 0.165 e. The van der Waals surface area contributed by atoms with Gasteiger partial charge in [0.05, 0.1) is 17.1 Å². The molecule has 0 amide bonds. The first-order valence-corrected chi connectivity index (χ1v) is 8.93. The minimum atomic E-state index is 0.176. The Morgan fingerprint density at radius 1 is 1.24 bits per heavy atom. The van der Waals surface area contributed by atoms with E-state index in [1.165, 1.54) is 0 Å². The number of benzene rings is 1. The first-order valence-electron chi connectivity index (χ1n) is 7.71. The average molecular weight is 352 g/mol. The molecule has 3 aromatic rings. The number of rotatable bonds is 4. The second-order valence-corrected chi connectivity index (χ2v) is 6.32. The van der Waals surface area contributed by atoms with Crippen LogP contribution in [0, 0.1) is 0 Å². The van der Waals surface area contributed by atoms with E-state index in [4.69, 9.17) is 15.7 Å². The predicted molar refractivity (Wildman–Crippen MR) is 95.7 cm³/mol. The highest BCUT2D eigenvalue weighted by Crippen LogP contribution is 2.29.